The van der Waals surface area contributed by atoms with Crippen molar-refractivity contribution in [2.45, 2.75) is 13.0 Å². The first-order chi connectivity index (χ1) is 8.08. The summed E-state index contributed by atoms with van der Waals surface area (Å²) in [5.41, 5.74) is 6.34. The Kier molecular flexibility index (Phi) is 3.59. The summed E-state index contributed by atoms with van der Waals surface area (Å²) in [5, 5.41) is 1.02. The number of fused-ring (bicyclic) bond motifs is 1. The van der Waals surface area contributed by atoms with Gasteiger partial charge in [-0.05, 0) is 29.7 Å². The summed E-state index contributed by atoms with van der Waals surface area (Å²) in [7, 11) is 0. The monoisotopic (exact) mass is 310 g/mol. The van der Waals surface area contributed by atoms with Gasteiger partial charge in [0, 0.05) is 23.5 Å². The zero-order chi connectivity index (χ0) is 12.4. The Morgan fingerprint density at radius 1 is 1.35 bits per heavy atom. The summed E-state index contributed by atoms with van der Waals surface area (Å²) in [4.78, 5) is 12.2. The second-order valence-electron chi connectivity index (χ2n) is 3.74. The third-order valence-electron chi connectivity index (χ3n) is 2.53. The molecule has 0 atom stereocenters. The van der Waals surface area contributed by atoms with Crippen LogP contribution in [0.3, 0.4) is 0 Å². The van der Waals surface area contributed by atoms with Gasteiger partial charge in [-0.3, -0.25) is 4.79 Å². The largest absolute Gasteiger partial charge is 0.393 e. The zero-order valence-corrected chi connectivity index (χ0v) is 11.4. The van der Waals surface area contributed by atoms with E-state index in [-0.39, 0.29) is 5.56 Å². The molecule has 0 amide bonds. The average Bonchev–Trinajstić information content (AvgIpc) is 2.27. The fraction of sp³-hybridized carbons (Fsp3) is 0.167. The van der Waals surface area contributed by atoms with Crippen molar-refractivity contribution in [2.24, 2.45) is 5.73 Å². The number of benzene rings is 1. The average molecular weight is 311 g/mol. The minimum atomic E-state index is -0.0314. The molecule has 1 heterocycles. The molecule has 0 radical (unpaired) electrons. The van der Waals surface area contributed by atoms with Crippen LogP contribution in [0.4, 0.5) is 0 Å². The lowest BCUT2D eigenvalue weighted by atomic mass is 10.2. The maximum absolute atomic E-state index is 11.8. The van der Waals surface area contributed by atoms with E-state index in [1.165, 1.54) is 0 Å². The van der Waals surface area contributed by atoms with Crippen molar-refractivity contribution in [3.8, 4) is 0 Å². The lowest BCUT2D eigenvalue weighted by Gasteiger charge is -2.09. The Morgan fingerprint density at radius 2 is 2.12 bits per heavy atom. The zero-order valence-electron chi connectivity index (χ0n) is 9.02. The number of aryl methyl sites for hydroxylation is 1. The van der Waals surface area contributed by atoms with E-state index in [4.69, 9.17) is 18.0 Å². The highest BCUT2D eigenvalue weighted by atomic mass is 79.9. The number of hydrogen-bond donors (Lipinski definition) is 1. The quantitative estimate of drug-likeness (QED) is 0.886. The van der Waals surface area contributed by atoms with Crippen molar-refractivity contribution in [3.63, 3.8) is 0 Å². The Balaban J connectivity index is 2.55. The highest BCUT2D eigenvalue weighted by Crippen LogP contribution is 2.18. The Morgan fingerprint density at radius 3 is 2.82 bits per heavy atom. The van der Waals surface area contributed by atoms with Gasteiger partial charge in [-0.25, -0.2) is 0 Å². The molecule has 0 fully saturated rings. The molecular formula is C12H11BrN2OS. The van der Waals surface area contributed by atoms with Gasteiger partial charge in [-0.1, -0.05) is 28.1 Å². The van der Waals surface area contributed by atoms with E-state index in [1.54, 1.807) is 10.6 Å². The molecule has 2 N–H and O–H groups in total. The summed E-state index contributed by atoms with van der Waals surface area (Å²) in [6.07, 6.45) is 0.532. The summed E-state index contributed by atoms with van der Waals surface area (Å²) < 4.78 is 2.69. The van der Waals surface area contributed by atoms with Gasteiger partial charge in [0.1, 0.15) is 0 Å². The van der Waals surface area contributed by atoms with Crippen LogP contribution >= 0.6 is 28.1 Å². The number of halogens is 1. The predicted molar refractivity (Wildman–Crippen MR) is 77.3 cm³/mol. The van der Waals surface area contributed by atoms with Crippen LogP contribution in [-0.2, 0) is 6.54 Å². The molecule has 17 heavy (non-hydrogen) atoms. The summed E-state index contributed by atoms with van der Waals surface area (Å²) >= 11 is 8.25. The number of rotatable bonds is 3. The van der Waals surface area contributed by atoms with Crippen molar-refractivity contribution < 1.29 is 0 Å². The molecule has 0 saturated heterocycles. The van der Waals surface area contributed by atoms with Crippen LogP contribution in [0, 0.1) is 0 Å². The van der Waals surface area contributed by atoms with Crippen LogP contribution in [0.25, 0.3) is 10.9 Å². The Bertz CT molecular complexity index is 636. The number of nitrogens with zero attached hydrogens (tertiary/aromatic N) is 1. The third-order valence-corrected chi connectivity index (χ3v) is 3.23. The topological polar surface area (TPSA) is 48.0 Å². The van der Waals surface area contributed by atoms with E-state index in [9.17, 15) is 4.79 Å². The molecule has 0 saturated carbocycles. The molecule has 0 bridgehead atoms. The highest BCUT2D eigenvalue weighted by molar-refractivity contribution is 9.10. The van der Waals surface area contributed by atoms with Gasteiger partial charge in [-0.15, -0.1) is 0 Å². The molecule has 2 rings (SSSR count). The van der Waals surface area contributed by atoms with Crippen molar-refractivity contribution in [2.75, 3.05) is 0 Å². The van der Waals surface area contributed by atoms with Crippen molar-refractivity contribution in [1.29, 1.82) is 0 Å². The molecule has 1 aromatic carbocycles. The Labute approximate surface area is 112 Å². The molecule has 2 aromatic rings. The highest BCUT2D eigenvalue weighted by Gasteiger charge is 2.03. The number of aromatic nitrogens is 1. The first kappa shape index (κ1) is 12.3. The lowest BCUT2D eigenvalue weighted by Crippen LogP contribution is -2.22. The van der Waals surface area contributed by atoms with Gasteiger partial charge in [-0.2, -0.15) is 0 Å². The van der Waals surface area contributed by atoms with Crippen molar-refractivity contribution in [3.05, 3.63) is 45.2 Å². The van der Waals surface area contributed by atoms with Gasteiger partial charge in [0.15, 0.2) is 0 Å². The number of pyridine rings is 1. The van der Waals surface area contributed by atoms with Gasteiger partial charge in [0.05, 0.1) is 10.5 Å². The van der Waals surface area contributed by atoms with Crippen LogP contribution in [0.5, 0.6) is 0 Å². The summed E-state index contributed by atoms with van der Waals surface area (Å²) in [6, 6.07) is 9.19. The molecule has 88 valence electrons. The number of nitrogens with two attached hydrogens (primary N) is 1. The molecule has 0 aliphatic rings. The van der Waals surface area contributed by atoms with E-state index in [0.717, 1.165) is 15.4 Å². The van der Waals surface area contributed by atoms with Crippen LogP contribution in [0.2, 0.25) is 0 Å². The maximum Gasteiger partial charge on any atom is 0.251 e. The predicted octanol–water partition coefficient (Wildman–Crippen LogP) is 2.44. The molecular weight excluding hydrogens is 300 g/mol. The molecule has 0 aliphatic heterocycles. The van der Waals surface area contributed by atoms with Crippen LogP contribution in [0.1, 0.15) is 6.42 Å². The second kappa shape index (κ2) is 4.98. The normalized spacial score (nSPS) is 10.6. The number of hydrogen-bond acceptors (Lipinski definition) is 2. The van der Waals surface area contributed by atoms with E-state index >= 15 is 0 Å². The van der Waals surface area contributed by atoms with E-state index < -0.39 is 0 Å². The van der Waals surface area contributed by atoms with E-state index in [1.807, 2.05) is 24.3 Å². The van der Waals surface area contributed by atoms with Gasteiger partial charge in [0.2, 0.25) is 0 Å². The first-order valence-corrected chi connectivity index (χ1v) is 6.35. The minimum Gasteiger partial charge on any atom is -0.393 e. The SMILES string of the molecule is NC(=S)CCn1c(=O)ccc2cc(Br)ccc21. The fourth-order valence-electron chi connectivity index (χ4n) is 1.73. The maximum atomic E-state index is 11.8. The molecule has 5 heteroatoms. The molecule has 1 aromatic heterocycles. The fourth-order valence-corrected chi connectivity index (χ4v) is 2.20. The van der Waals surface area contributed by atoms with E-state index in [0.29, 0.717) is 18.0 Å². The van der Waals surface area contributed by atoms with Crippen LogP contribution in [-0.4, -0.2) is 9.56 Å². The molecule has 0 spiro atoms. The molecule has 3 nitrogen and oxygen atoms in total. The van der Waals surface area contributed by atoms with Gasteiger partial charge < -0.3 is 10.3 Å². The molecule has 0 unspecified atom stereocenters. The summed E-state index contributed by atoms with van der Waals surface area (Å²) in [6.45, 7) is 0.521. The minimum absolute atomic E-state index is 0.0314. The van der Waals surface area contributed by atoms with Crippen molar-refractivity contribution in [1.82, 2.24) is 4.57 Å². The van der Waals surface area contributed by atoms with Crippen LogP contribution < -0.4 is 11.3 Å². The third kappa shape index (κ3) is 2.73. The summed E-state index contributed by atoms with van der Waals surface area (Å²) in [5.74, 6) is 0. The standard InChI is InChI=1S/C12H11BrN2OS/c13-9-2-3-10-8(7-9)1-4-12(16)15(10)6-5-11(14)17/h1-4,7H,5-6H2,(H2,14,17). The smallest absolute Gasteiger partial charge is 0.251 e. The molecule has 0 aliphatic carbocycles. The van der Waals surface area contributed by atoms with Gasteiger partial charge >= 0.3 is 0 Å². The second-order valence-corrected chi connectivity index (χ2v) is 5.18. The first-order valence-electron chi connectivity index (χ1n) is 5.15. The van der Waals surface area contributed by atoms with Gasteiger partial charge in [0.25, 0.3) is 5.56 Å². The Hall–Kier alpha value is -1.20. The van der Waals surface area contributed by atoms with E-state index in [2.05, 4.69) is 15.9 Å². The van der Waals surface area contributed by atoms with Crippen LogP contribution in [0.15, 0.2) is 39.6 Å². The lowest BCUT2D eigenvalue weighted by molar-refractivity contribution is 0.725. The van der Waals surface area contributed by atoms with Crippen molar-refractivity contribution >= 4 is 44.0 Å². The number of thiocarbonyl (C=S) groups is 1.